The summed E-state index contributed by atoms with van der Waals surface area (Å²) in [6.45, 7) is 1.71. The highest BCUT2D eigenvalue weighted by Gasteiger charge is 2.27. The minimum atomic E-state index is -1.05. The van der Waals surface area contributed by atoms with Crippen LogP contribution in [-0.2, 0) is 11.2 Å². The molecule has 2 unspecified atom stereocenters. The average molecular weight is 339 g/mol. The predicted molar refractivity (Wildman–Crippen MR) is 93.7 cm³/mol. The second-order valence-electron chi connectivity index (χ2n) is 6.38. The summed E-state index contributed by atoms with van der Waals surface area (Å²) in [5.41, 5.74) is 2.91. The van der Waals surface area contributed by atoms with Crippen LogP contribution in [0.3, 0.4) is 0 Å². The lowest BCUT2D eigenvalue weighted by molar-refractivity contribution is -0.139. The number of amides is 1. The number of aryl methyl sites for hydroxylation is 1. The topological polar surface area (TPSA) is 75.6 Å². The number of rotatable bonds is 5. The number of carboxylic acids is 1. The summed E-state index contributed by atoms with van der Waals surface area (Å²) in [7, 11) is 0. The number of aliphatic carboxylic acids is 1. The second-order valence-corrected chi connectivity index (χ2v) is 6.38. The van der Waals surface area contributed by atoms with Crippen LogP contribution >= 0.6 is 0 Å². The normalized spacial score (nSPS) is 18.9. The highest BCUT2D eigenvalue weighted by Crippen LogP contribution is 2.34. The SMILES string of the molecule is CC1CCc2ccccc2C1NC(=O)c1cccc(OCC(=O)O)c1. The van der Waals surface area contributed by atoms with Crippen molar-refractivity contribution < 1.29 is 19.4 Å². The molecule has 5 nitrogen and oxygen atoms in total. The molecule has 130 valence electrons. The highest BCUT2D eigenvalue weighted by molar-refractivity contribution is 5.94. The van der Waals surface area contributed by atoms with E-state index in [0.29, 0.717) is 17.2 Å². The number of benzene rings is 2. The Bertz CT molecular complexity index is 787. The Morgan fingerprint density at radius 2 is 2.00 bits per heavy atom. The van der Waals surface area contributed by atoms with Crippen molar-refractivity contribution in [3.05, 3.63) is 65.2 Å². The lowest BCUT2D eigenvalue weighted by Crippen LogP contribution is -2.35. The monoisotopic (exact) mass is 339 g/mol. The van der Waals surface area contributed by atoms with Crippen LogP contribution in [0.2, 0.25) is 0 Å². The van der Waals surface area contributed by atoms with Gasteiger partial charge in [0.1, 0.15) is 5.75 Å². The molecule has 1 aliphatic carbocycles. The second kappa shape index (κ2) is 7.38. The molecule has 25 heavy (non-hydrogen) atoms. The molecular formula is C20H21NO4. The summed E-state index contributed by atoms with van der Waals surface area (Å²) in [6.07, 6.45) is 2.06. The van der Waals surface area contributed by atoms with E-state index in [-0.39, 0.29) is 11.9 Å². The van der Waals surface area contributed by atoms with Crippen LogP contribution in [0.4, 0.5) is 0 Å². The number of ether oxygens (including phenoxy) is 1. The van der Waals surface area contributed by atoms with Gasteiger partial charge in [0.15, 0.2) is 6.61 Å². The first-order valence-electron chi connectivity index (χ1n) is 8.38. The van der Waals surface area contributed by atoms with Gasteiger partial charge in [-0.2, -0.15) is 0 Å². The van der Waals surface area contributed by atoms with E-state index in [0.717, 1.165) is 12.8 Å². The van der Waals surface area contributed by atoms with Crippen molar-refractivity contribution in [2.45, 2.75) is 25.8 Å². The summed E-state index contributed by atoms with van der Waals surface area (Å²) < 4.78 is 5.15. The molecule has 0 spiro atoms. The Morgan fingerprint density at radius 3 is 2.80 bits per heavy atom. The zero-order chi connectivity index (χ0) is 17.8. The Morgan fingerprint density at radius 1 is 1.20 bits per heavy atom. The summed E-state index contributed by atoms with van der Waals surface area (Å²) in [4.78, 5) is 23.3. The number of carboxylic acid groups (broad SMARTS) is 1. The Kier molecular flexibility index (Phi) is 5.03. The molecule has 0 radical (unpaired) electrons. The fourth-order valence-electron chi connectivity index (χ4n) is 3.24. The lowest BCUT2D eigenvalue weighted by atomic mass is 9.80. The smallest absolute Gasteiger partial charge is 0.341 e. The Balaban J connectivity index is 1.76. The first kappa shape index (κ1) is 17.0. The van der Waals surface area contributed by atoms with Gasteiger partial charge < -0.3 is 15.2 Å². The van der Waals surface area contributed by atoms with E-state index in [1.807, 2.05) is 12.1 Å². The molecule has 0 bridgehead atoms. The number of nitrogens with one attached hydrogen (secondary N) is 1. The standard InChI is InChI=1S/C20H21NO4/c1-13-9-10-14-5-2-3-8-17(14)19(13)21-20(24)15-6-4-7-16(11-15)25-12-18(22)23/h2-8,11,13,19H,9-10,12H2,1H3,(H,21,24)(H,22,23). The van der Waals surface area contributed by atoms with Crippen molar-refractivity contribution in [2.75, 3.05) is 6.61 Å². The maximum Gasteiger partial charge on any atom is 0.341 e. The van der Waals surface area contributed by atoms with Crippen LogP contribution in [-0.4, -0.2) is 23.6 Å². The molecule has 2 aromatic carbocycles. The number of carbonyl (C=O) groups excluding carboxylic acids is 1. The quantitative estimate of drug-likeness (QED) is 0.877. The number of fused-ring (bicyclic) bond motifs is 1. The minimum Gasteiger partial charge on any atom is -0.482 e. The fourth-order valence-corrected chi connectivity index (χ4v) is 3.24. The van der Waals surface area contributed by atoms with Crippen molar-refractivity contribution in [1.82, 2.24) is 5.32 Å². The van der Waals surface area contributed by atoms with E-state index in [9.17, 15) is 9.59 Å². The maximum absolute atomic E-state index is 12.7. The molecule has 0 aromatic heterocycles. The van der Waals surface area contributed by atoms with E-state index in [1.54, 1.807) is 24.3 Å². The van der Waals surface area contributed by atoms with Gasteiger partial charge in [0.2, 0.25) is 0 Å². The molecule has 5 heteroatoms. The molecule has 2 N–H and O–H groups in total. The van der Waals surface area contributed by atoms with Crippen LogP contribution in [0.1, 0.15) is 40.9 Å². The van der Waals surface area contributed by atoms with E-state index in [4.69, 9.17) is 9.84 Å². The van der Waals surface area contributed by atoms with Crippen molar-refractivity contribution in [2.24, 2.45) is 5.92 Å². The van der Waals surface area contributed by atoms with Crippen molar-refractivity contribution in [3.8, 4) is 5.75 Å². The first-order chi connectivity index (χ1) is 12.0. The van der Waals surface area contributed by atoms with Crippen molar-refractivity contribution in [3.63, 3.8) is 0 Å². The molecule has 1 amide bonds. The number of hydrogen-bond acceptors (Lipinski definition) is 3. The van der Waals surface area contributed by atoms with Crippen molar-refractivity contribution in [1.29, 1.82) is 0 Å². The van der Waals surface area contributed by atoms with Gasteiger partial charge in [0.05, 0.1) is 6.04 Å². The zero-order valence-corrected chi connectivity index (χ0v) is 14.1. The number of carbonyl (C=O) groups is 2. The van der Waals surface area contributed by atoms with Gasteiger partial charge in [0, 0.05) is 5.56 Å². The molecule has 0 saturated carbocycles. The third-order valence-electron chi connectivity index (χ3n) is 4.57. The Hall–Kier alpha value is -2.82. The van der Waals surface area contributed by atoms with Crippen LogP contribution in [0, 0.1) is 5.92 Å². The molecule has 0 aliphatic heterocycles. The van der Waals surface area contributed by atoms with E-state index in [2.05, 4.69) is 24.4 Å². The van der Waals surface area contributed by atoms with Gasteiger partial charge in [-0.3, -0.25) is 4.79 Å². The molecule has 2 aromatic rings. The van der Waals surface area contributed by atoms with Crippen LogP contribution in [0.15, 0.2) is 48.5 Å². The fraction of sp³-hybridized carbons (Fsp3) is 0.300. The minimum absolute atomic E-state index is 0.0268. The average Bonchev–Trinajstić information content (AvgIpc) is 2.62. The van der Waals surface area contributed by atoms with E-state index < -0.39 is 12.6 Å². The van der Waals surface area contributed by atoms with E-state index in [1.165, 1.54) is 11.1 Å². The largest absolute Gasteiger partial charge is 0.482 e. The first-order valence-corrected chi connectivity index (χ1v) is 8.38. The summed E-state index contributed by atoms with van der Waals surface area (Å²) >= 11 is 0. The third-order valence-corrected chi connectivity index (χ3v) is 4.57. The predicted octanol–water partition coefficient (Wildman–Crippen LogP) is 3.20. The highest BCUT2D eigenvalue weighted by atomic mass is 16.5. The molecule has 3 rings (SSSR count). The lowest BCUT2D eigenvalue weighted by Gasteiger charge is -2.32. The molecular weight excluding hydrogens is 318 g/mol. The molecule has 0 saturated heterocycles. The Labute approximate surface area is 146 Å². The van der Waals surface area contributed by atoms with Gasteiger partial charge in [-0.15, -0.1) is 0 Å². The van der Waals surface area contributed by atoms with Crippen molar-refractivity contribution >= 4 is 11.9 Å². The summed E-state index contributed by atoms with van der Waals surface area (Å²) in [6, 6.07) is 14.8. The third kappa shape index (κ3) is 3.99. The van der Waals surface area contributed by atoms with Gasteiger partial charge >= 0.3 is 5.97 Å². The number of hydrogen-bond donors (Lipinski definition) is 2. The summed E-state index contributed by atoms with van der Waals surface area (Å²) in [5.74, 6) is -0.519. The van der Waals surface area contributed by atoms with Crippen LogP contribution < -0.4 is 10.1 Å². The molecule has 0 heterocycles. The van der Waals surface area contributed by atoms with Gasteiger partial charge in [-0.05, 0) is 48.1 Å². The van der Waals surface area contributed by atoms with Gasteiger partial charge in [0.25, 0.3) is 5.91 Å². The molecule has 1 aliphatic rings. The summed E-state index contributed by atoms with van der Waals surface area (Å²) in [5, 5.41) is 11.8. The molecule has 2 atom stereocenters. The zero-order valence-electron chi connectivity index (χ0n) is 14.1. The van der Waals surface area contributed by atoms with Crippen LogP contribution in [0.5, 0.6) is 5.75 Å². The molecule has 0 fully saturated rings. The van der Waals surface area contributed by atoms with Gasteiger partial charge in [-0.1, -0.05) is 37.3 Å². The van der Waals surface area contributed by atoms with Gasteiger partial charge in [-0.25, -0.2) is 4.79 Å². The maximum atomic E-state index is 12.7. The van der Waals surface area contributed by atoms with Crippen LogP contribution in [0.25, 0.3) is 0 Å². The van der Waals surface area contributed by atoms with E-state index >= 15 is 0 Å².